The summed E-state index contributed by atoms with van der Waals surface area (Å²) in [5.41, 5.74) is 2.55. The third kappa shape index (κ3) is 4.12. The zero-order valence-electron chi connectivity index (χ0n) is 16.7. The van der Waals surface area contributed by atoms with E-state index in [2.05, 4.69) is 17.4 Å². The first kappa shape index (κ1) is 19.5. The van der Waals surface area contributed by atoms with Crippen molar-refractivity contribution in [2.24, 2.45) is 4.99 Å². The van der Waals surface area contributed by atoms with Crippen LogP contribution in [0.2, 0.25) is 0 Å². The van der Waals surface area contributed by atoms with Crippen molar-refractivity contribution in [2.75, 3.05) is 19.7 Å². The average molecular weight is 393 g/mol. The van der Waals surface area contributed by atoms with Crippen LogP contribution in [0, 0.1) is 0 Å². The van der Waals surface area contributed by atoms with Gasteiger partial charge in [-0.3, -0.25) is 10.3 Å². The van der Waals surface area contributed by atoms with E-state index in [0.29, 0.717) is 44.7 Å². The van der Waals surface area contributed by atoms with Gasteiger partial charge in [0.1, 0.15) is 11.4 Å². The number of hydrogen-bond acceptors (Lipinski definition) is 5. The number of aromatic hydroxyl groups is 1. The molecule has 4 rings (SSSR count). The number of phenols is 1. The van der Waals surface area contributed by atoms with E-state index in [1.54, 1.807) is 11.0 Å². The average Bonchev–Trinajstić information content (AvgIpc) is 2.75. The lowest BCUT2D eigenvalue weighted by atomic mass is 9.87. The third-order valence-electron chi connectivity index (χ3n) is 5.73. The zero-order chi connectivity index (χ0) is 20.3. The van der Waals surface area contributed by atoms with Gasteiger partial charge in [0.2, 0.25) is 0 Å². The molecule has 1 spiro atoms. The summed E-state index contributed by atoms with van der Waals surface area (Å²) in [6.07, 6.45) is 1.84. The van der Waals surface area contributed by atoms with Gasteiger partial charge in [-0.15, -0.1) is 0 Å². The molecular weight excluding hydrogens is 366 g/mol. The van der Waals surface area contributed by atoms with Crippen LogP contribution in [0.5, 0.6) is 5.75 Å². The summed E-state index contributed by atoms with van der Waals surface area (Å²) >= 11 is 0. The van der Waals surface area contributed by atoms with E-state index in [1.807, 2.05) is 43.3 Å². The zero-order valence-corrected chi connectivity index (χ0v) is 16.7. The van der Waals surface area contributed by atoms with E-state index in [0.717, 1.165) is 16.8 Å². The molecule has 6 heteroatoms. The molecule has 29 heavy (non-hydrogen) atoms. The summed E-state index contributed by atoms with van der Waals surface area (Å²) in [4.78, 5) is 19.0. The maximum absolute atomic E-state index is 12.1. The first-order valence-electron chi connectivity index (χ1n) is 10.2. The molecule has 0 radical (unpaired) electrons. The number of nitrogens with one attached hydrogen (secondary N) is 1. The number of aliphatic imine (C=N–C) groups is 1. The molecule has 2 aliphatic heterocycles. The molecule has 1 atom stereocenters. The fourth-order valence-electron chi connectivity index (χ4n) is 4.22. The van der Waals surface area contributed by atoms with Crippen LogP contribution in [0.3, 0.4) is 0 Å². The van der Waals surface area contributed by atoms with Crippen molar-refractivity contribution in [3.63, 3.8) is 0 Å². The summed E-state index contributed by atoms with van der Waals surface area (Å²) in [6, 6.07) is 17.6. The van der Waals surface area contributed by atoms with E-state index < -0.39 is 5.66 Å². The predicted octanol–water partition coefficient (Wildman–Crippen LogP) is 3.86. The van der Waals surface area contributed by atoms with Crippen molar-refractivity contribution in [3.8, 4) is 5.75 Å². The van der Waals surface area contributed by atoms with Gasteiger partial charge >= 0.3 is 6.09 Å². The Balaban J connectivity index is 1.63. The SMILES string of the molecule is CCOC(=O)N1CCC2(CC1)N=C(c1ccccc1)C[C@@H](c1ccccc1O)N2. The largest absolute Gasteiger partial charge is 0.508 e. The van der Waals surface area contributed by atoms with E-state index in [4.69, 9.17) is 9.73 Å². The molecule has 0 bridgehead atoms. The van der Waals surface area contributed by atoms with Gasteiger partial charge in [-0.2, -0.15) is 0 Å². The fraction of sp³-hybridized carbons (Fsp3) is 0.391. The monoisotopic (exact) mass is 393 g/mol. The van der Waals surface area contributed by atoms with Gasteiger partial charge < -0.3 is 14.7 Å². The minimum absolute atomic E-state index is 0.0435. The lowest BCUT2D eigenvalue weighted by molar-refractivity contribution is 0.0778. The third-order valence-corrected chi connectivity index (χ3v) is 5.73. The Morgan fingerprint density at radius 3 is 2.55 bits per heavy atom. The number of phenolic OH excluding ortho intramolecular Hbond substituents is 1. The normalized spacial score (nSPS) is 20.9. The van der Waals surface area contributed by atoms with Gasteiger partial charge in [-0.25, -0.2) is 4.79 Å². The summed E-state index contributed by atoms with van der Waals surface area (Å²) < 4.78 is 5.15. The fourth-order valence-corrected chi connectivity index (χ4v) is 4.22. The lowest BCUT2D eigenvalue weighted by Crippen LogP contribution is -2.56. The van der Waals surface area contributed by atoms with Crippen molar-refractivity contribution in [1.82, 2.24) is 10.2 Å². The van der Waals surface area contributed by atoms with Crippen LogP contribution in [-0.2, 0) is 4.74 Å². The number of piperidine rings is 1. The number of likely N-dealkylation sites (tertiary alicyclic amines) is 1. The molecule has 2 N–H and O–H groups in total. The van der Waals surface area contributed by atoms with E-state index in [1.165, 1.54) is 0 Å². The molecule has 2 aromatic carbocycles. The van der Waals surface area contributed by atoms with Crippen LogP contribution in [-0.4, -0.2) is 47.2 Å². The van der Waals surface area contributed by atoms with Crippen molar-refractivity contribution in [2.45, 2.75) is 37.9 Å². The summed E-state index contributed by atoms with van der Waals surface area (Å²) in [5, 5.41) is 14.1. The Morgan fingerprint density at radius 1 is 1.17 bits per heavy atom. The van der Waals surface area contributed by atoms with Crippen molar-refractivity contribution >= 4 is 11.8 Å². The number of amides is 1. The van der Waals surface area contributed by atoms with Crippen LogP contribution < -0.4 is 5.32 Å². The number of carbonyl (C=O) groups is 1. The number of hydrogen-bond donors (Lipinski definition) is 2. The second kappa shape index (κ2) is 8.25. The quantitative estimate of drug-likeness (QED) is 0.830. The van der Waals surface area contributed by atoms with Crippen LogP contribution in [0.4, 0.5) is 4.79 Å². The van der Waals surface area contributed by atoms with Crippen LogP contribution in [0.15, 0.2) is 59.6 Å². The molecule has 0 aromatic heterocycles. The minimum atomic E-state index is -0.459. The Hall–Kier alpha value is -2.86. The summed E-state index contributed by atoms with van der Waals surface area (Å²) in [5.74, 6) is 0.290. The molecule has 2 heterocycles. The lowest BCUT2D eigenvalue weighted by Gasteiger charge is -2.45. The number of carbonyl (C=O) groups excluding carboxylic acids is 1. The second-order valence-electron chi connectivity index (χ2n) is 7.60. The highest BCUT2D eigenvalue weighted by Gasteiger charge is 2.41. The molecule has 1 fully saturated rings. The number of ether oxygens (including phenoxy) is 1. The molecule has 0 unspecified atom stereocenters. The van der Waals surface area contributed by atoms with Crippen LogP contribution in [0.1, 0.15) is 43.4 Å². The molecule has 0 aliphatic carbocycles. The Labute approximate surface area is 171 Å². The van der Waals surface area contributed by atoms with Gasteiger partial charge in [-0.1, -0.05) is 48.5 Å². The highest BCUT2D eigenvalue weighted by atomic mass is 16.6. The van der Waals surface area contributed by atoms with E-state index in [9.17, 15) is 9.90 Å². The highest BCUT2D eigenvalue weighted by Crippen LogP contribution is 2.37. The summed E-state index contributed by atoms with van der Waals surface area (Å²) in [6.45, 7) is 3.37. The molecular formula is C23H27N3O3. The molecule has 152 valence electrons. The number of benzene rings is 2. The molecule has 0 saturated carbocycles. The first-order chi connectivity index (χ1) is 14.1. The van der Waals surface area contributed by atoms with Crippen molar-refractivity contribution in [3.05, 3.63) is 65.7 Å². The molecule has 2 aliphatic rings. The Kier molecular flexibility index (Phi) is 5.53. The number of para-hydroxylation sites is 1. The molecule has 1 amide bonds. The van der Waals surface area contributed by atoms with Crippen molar-refractivity contribution < 1.29 is 14.6 Å². The number of rotatable bonds is 3. The Morgan fingerprint density at radius 2 is 1.86 bits per heavy atom. The van der Waals surface area contributed by atoms with Crippen LogP contribution in [0.25, 0.3) is 0 Å². The number of nitrogens with zero attached hydrogens (tertiary/aromatic N) is 2. The van der Waals surface area contributed by atoms with Gasteiger partial charge in [0.05, 0.1) is 6.61 Å². The molecule has 1 saturated heterocycles. The maximum atomic E-state index is 12.1. The van der Waals surface area contributed by atoms with Gasteiger partial charge in [-0.05, 0) is 18.6 Å². The first-order valence-corrected chi connectivity index (χ1v) is 10.2. The molecule has 6 nitrogen and oxygen atoms in total. The topological polar surface area (TPSA) is 74.2 Å². The summed E-state index contributed by atoms with van der Waals surface area (Å²) in [7, 11) is 0. The van der Waals surface area contributed by atoms with E-state index in [-0.39, 0.29) is 12.1 Å². The van der Waals surface area contributed by atoms with Gasteiger partial charge in [0.15, 0.2) is 0 Å². The Bertz CT molecular complexity index is 889. The van der Waals surface area contributed by atoms with Gasteiger partial charge in [0.25, 0.3) is 0 Å². The standard InChI is InChI=1S/C23H27N3O3/c1-2-29-22(28)26-14-12-23(13-15-26)24-19(17-8-4-3-5-9-17)16-20(25-23)18-10-6-7-11-21(18)27/h3-11,20,25,27H,2,12-16H2,1H3/t20-/m0/s1. The highest BCUT2D eigenvalue weighted by molar-refractivity contribution is 6.01. The van der Waals surface area contributed by atoms with Crippen LogP contribution >= 0.6 is 0 Å². The second-order valence-corrected chi connectivity index (χ2v) is 7.60. The predicted molar refractivity (Wildman–Crippen MR) is 112 cm³/mol. The van der Waals surface area contributed by atoms with Gasteiger partial charge in [0, 0.05) is 49.7 Å². The van der Waals surface area contributed by atoms with E-state index >= 15 is 0 Å². The molecule has 2 aromatic rings. The maximum Gasteiger partial charge on any atom is 0.409 e. The van der Waals surface area contributed by atoms with Crippen molar-refractivity contribution in [1.29, 1.82) is 0 Å². The smallest absolute Gasteiger partial charge is 0.409 e. The minimum Gasteiger partial charge on any atom is -0.508 e.